The molecule has 2 saturated carbocycles. The Morgan fingerprint density at radius 3 is 2.19 bits per heavy atom. The minimum atomic E-state index is -0.944. The minimum Gasteiger partial charge on any atom is -0.351 e. The summed E-state index contributed by atoms with van der Waals surface area (Å²) >= 11 is 0. The van der Waals surface area contributed by atoms with E-state index < -0.39 is 5.54 Å². The van der Waals surface area contributed by atoms with Crippen molar-refractivity contribution in [3.63, 3.8) is 0 Å². The number of fused-ring (bicyclic) bond motifs is 1. The van der Waals surface area contributed by atoms with Gasteiger partial charge in [0.25, 0.3) is 5.91 Å². The average molecular weight is 491 g/mol. The zero-order valence-corrected chi connectivity index (χ0v) is 22.1. The second-order valence-corrected chi connectivity index (χ2v) is 11.4. The van der Waals surface area contributed by atoms with Gasteiger partial charge in [-0.15, -0.1) is 0 Å². The van der Waals surface area contributed by atoms with Crippen molar-refractivity contribution in [3.8, 4) is 11.3 Å². The molecule has 0 unspecified atom stereocenters. The molecule has 6 heteroatoms. The first-order valence-corrected chi connectivity index (χ1v) is 14.3. The van der Waals surface area contributed by atoms with Crippen molar-refractivity contribution >= 4 is 11.8 Å². The van der Waals surface area contributed by atoms with Crippen molar-refractivity contribution in [1.29, 1.82) is 0 Å². The number of aromatic nitrogens is 2. The Kier molecular flexibility index (Phi) is 7.49. The average Bonchev–Trinajstić information content (AvgIpc) is 3.04. The molecule has 0 bridgehead atoms. The van der Waals surface area contributed by atoms with E-state index in [9.17, 15) is 9.59 Å². The molecule has 2 amide bonds. The third-order valence-electron chi connectivity index (χ3n) is 8.73. The molecule has 3 aliphatic rings. The number of benzene rings is 1. The standard InChI is InChI=1S/C30H42N4O2/c1-3-22-16-18-23(19-17-22)26-20-27-28(35)34(25-14-10-6-7-11-15-25)30(2,21-33(27)32-26)29(36)31-24-12-8-4-5-9-13-24/h16-20,24-25H,3-15,21H2,1-2H3,(H,31,36)/t30-/m1/s1. The van der Waals surface area contributed by atoms with Gasteiger partial charge in [-0.2, -0.15) is 5.10 Å². The van der Waals surface area contributed by atoms with E-state index in [1.54, 1.807) is 4.68 Å². The van der Waals surface area contributed by atoms with Crippen molar-refractivity contribution < 1.29 is 9.59 Å². The van der Waals surface area contributed by atoms with Crippen LogP contribution >= 0.6 is 0 Å². The van der Waals surface area contributed by atoms with Crippen LogP contribution in [0.4, 0.5) is 0 Å². The van der Waals surface area contributed by atoms with Gasteiger partial charge >= 0.3 is 0 Å². The van der Waals surface area contributed by atoms with Crippen LogP contribution in [0.15, 0.2) is 30.3 Å². The largest absolute Gasteiger partial charge is 0.351 e. The van der Waals surface area contributed by atoms with Gasteiger partial charge in [-0.1, -0.05) is 82.6 Å². The maximum absolute atomic E-state index is 14.1. The van der Waals surface area contributed by atoms with Crippen molar-refractivity contribution in [3.05, 3.63) is 41.6 Å². The van der Waals surface area contributed by atoms with Crippen LogP contribution < -0.4 is 5.32 Å². The van der Waals surface area contributed by atoms with Gasteiger partial charge in [0, 0.05) is 17.6 Å². The summed E-state index contributed by atoms with van der Waals surface area (Å²) in [6.07, 6.45) is 14.5. The maximum atomic E-state index is 14.1. The Morgan fingerprint density at radius 2 is 1.58 bits per heavy atom. The van der Waals surface area contributed by atoms with Crippen LogP contribution in [0.3, 0.4) is 0 Å². The van der Waals surface area contributed by atoms with Gasteiger partial charge in [-0.3, -0.25) is 14.3 Å². The van der Waals surface area contributed by atoms with E-state index in [2.05, 4.69) is 36.5 Å². The number of rotatable bonds is 5. The molecule has 2 aromatic rings. The molecule has 0 spiro atoms. The first kappa shape index (κ1) is 25.0. The molecule has 2 aliphatic carbocycles. The number of nitrogens with one attached hydrogen (secondary N) is 1. The summed E-state index contributed by atoms with van der Waals surface area (Å²) in [5.74, 6) is -0.0578. The van der Waals surface area contributed by atoms with Gasteiger partial charge in [0.15, 0.2) is 0 Å². The van der Waals surface area contributed by atoms with Crippen LogP contribution in [-0.2, 0) is 17.8 Å². The SMILES string of the molecule is CCc1ccc(-c2cc3n(n2)C[C@](C)(C(=O)NC2CCCCCC2)N(C2CCCCCC2)C3=O)cc1. The fraction of sp³-hybridized carbons (Fsp3) is 0.633. The van der Waals surface area contributed by atoms with Crippen molar-refractivity contribution in [2.45, 2.75) is 121 Å². The van der Waals surface area contributed by atoms with Gasteiger partial charge in [0.1, 0.15) is 11.2 Å². The highest BCUT2D eigenvalue weighted by molar-refractivity contribution is 6.00. The van der Waals surface area contributed by atoms with E-state index >= 15 is 0 Å². The summed E-state index contributed by atoms with van der Waals surface area (Å²) in [4.78, 5) is 30.1. The molecule has 1 N–H and O–H groups in total. The highest BCUT2D eigenvalue weighted by Gasteiger charge is 2.51. The first-order chi connectivity index (χ1) is 17.5. The molecule has 5 rings (SSSR count). The Balaban J connectivity index is 1.48. The molecule has 0 saturated heterocycles. The molecule has 1 atom stereocenters. The fourth-order valence-electron chi connectivity index (χ4n) is 6.51. The third kappa shape index (κ3) is 4.96. The molecule has 2 fully saturated rings. The summed E-state index contributed by atoms with van der Waals surface area (Å²) < 4.78 is 1.80. The molecule has 2 heterocycles. The van der Waals surface area contributed by atoms with Crippen LogP contribution in [0, 0.1) is 0 Å². The topological polar surface area (TPSA) is 67.2 Å². The van der Waals surface area contributed by atoms with Crippen LogP contribution in [-0.4, -0.2) is 44.1 Å². The number of hydrogen-bond donors (Lipinski definition) is 1. The number of carbonyl (C=O) groups is 2. The molecule has 194 valence electrons. The lowest BCUT2D eigenvalue weighted by molar-refractivity contribution is -0.135. The molecule has 1 aromatic heterocycles. The van der Waals surface area contributed by atoms with Gasteiger partial charge in [0.2, 0.25) is 5.91 Å². The second-order valence-electron chi connectivity index (χ2n) is 11.4. The minimum absolute atomic E-state index is 0.0120. The van der Waals surface area contributed by atoms with Crippen LogP contribution in [0.25, 0.3) is 11.3 Å². The van der Waals surface area contributed by atoms with E-state index in [1.807, 2.05) is 17.9 Å². The number of amides is 2. The lowest BCUT2D eigenvalue weighted by Gasteiger charge is -2.47. The molecule has 1 aromatic carbocycles. The van der Waals surface area contributed by atoms with E-state index in [1.165, 1.54) is 31.2 Å². The van der Waals surface area contributed by atoms with E-state index in [0.717, 1.165) is 69.0 Å². The van der Waals surface area contributed by atoms with Gasteiger partial charge in [-0.25, -0.2) is 0 Å². The number of carbonyl (C=O) groups excluding carboxylic acids is 2. The second kappa shape index (κ2) is 10.8. The normalized spacial score (nSPS) is 24.2. The molecular weight excluding hydrogens is 448 g/mol. The molecular formula is C30H42N4O2. The van der Waals surface area contributed by atoms with Crippen LogP contribution in [0.5, 0.6) is 0 Å². The van der Waals surface area contributed by atoms with Crippen molar-refractivity contribution in [2.24, 2.45) is 0 Å². The maximum Gasteiger partial charge on any atom is 0.273 e. The molecule has 36 heavy (non-hydrogen) atoms. The third-order valence-corrected chi connectivity index (χ3v) is 8.73. The number of aryl methyl sites for hydroxylation is 1. The molecule has 0 radical (unpaired) electrons. The Bertz CT molecular complexity index is 1060. The van der Waals surface area contributed by atoms with Crippen molar-refractivity contribution in [1.82, 2.24) is 20.0 Å². The lowest BCUT2D eigenvalue weighted by Crippen LogP contribution is -2.67. The smallest absolute Gasteiger partial charge is 0.273 e. The Hall–Kier alpha value is -2.63. The summed E-state index contributed by atoms with van der Waals surface area (Å²) in [7, 11) is 0. The number of nitrogens with zero attached hydrogens (tertiary/aromatic N) is 3. The van der Waals surface area contributed by atoms with Crippen LogP contribution in [0.2, 0.25) is 0 Å². The zero-order valence-electron chi connectivity index (χ0n) is 22.1. The number of hydrogen-bond acceptors (Lipinski definition) is 3. The first-order valence-electron chi connectivity index (χ1n) is 14.3. The van der Waals surface area contributed by atoms with Gasteiger partial charge in [-0.05, 0) is 50.7 Å². The van der Waals surface area contributed by atoms with E-state index in [4.69, 9.17) is 5.10 Å². The molecule has 6 nitrogen and oxygen atoms in total. The predicted molar refractivity (Wildman–Crippen MR) is 143 cm³/mol. The predicted octanol–water partition coefficient (Wildman–Crippen LogP) is 5.89. The monoisotopic (exact) mass is 490 g/mol. The Morgan fingerprint density at radius 1 is 0.972 bits per heavy atom. The van der Waals surface area contributed by atoms with Crippen LogP contribution in [0.1, 0.15) is 107 Å². The van der Waals surface area contributed by atoms with Crippen molar-refractivity contribution in [2.75, 3.05) is 0 Å². The summed E-state index contributed by atoms with van der Waals surface area (Å²) in [6.45, 7) is 4.52. The van der Waals surface area contributed by atoms with E-state index in [-0.39, 0.29) is 23.9 Å². The Labute approximate surface area is 215 Å². The van der Waals surface area contributed by atoms with Gasteiger partial charge < -0.3 is 10.2 Å². The highest BCUT2D eigenvalue weighted by Crippen LogP contribution is 2.36. The quantitative estimate of drug-likeness (QED) is 0.532. The zero-order chi connectivity index (χ0) is 25.1. The summed E-state index contributed by atoms with van der Waals surface area (Å²) in [5, 5.41) is 8.24. The molecule has 1 aliphatic heterocycles. The summed E-state index contributed by atoms with van der Waals surface area (Å²) in [5.41, 5.74) is 2.75. The lowest BCUT2D eigenvalue weighted by atomic mass is 9.90. The van der Waals surface area contributed by atoms with E-state index in [0.29, 0.717) is 12.2 Å². The highest BCUT2D eigenvalue weighted by atomic mass is 16.2. The van der Waals surface area contributed by atoms with Gasteiger partial charge in [0.05, 0.1) is 12.2 Å². The fourth-order valence-corrected chi connectivity index (χ4v) is 6.51. The summed E-state index contributed by atoms with van der Waals surface area (Å²) in [6, 6.07) is 10.6.